The second-order valence-corrected chi connectivity index (χ2v) is 4.73. The highest BCUT2D eigenvalue weighted by atomic mass is 19.1. The Bertz CT molecular complexity index is 520. The van der Waals surface area contributed by atoms with Crippen molar-refractivity contribution in [2.75, 3.05) is 6.61 Å². The Kier molecular flexibility index (Phi) is 5.13. The molecule has 0 saturated carbocycles. The van der Waals surface area contributed by atoms with Crippen molar-refractivity contribution in [3.8, 4) is 5.75 Å². The largest absolute Gasteiger partial charge is 0.494 e. The van der Waals surface area contributed by atoms with Gasteiger partial charge in [0.25, 0.3) is 0 Å². The van der Waals surface area contributed by atoms with Crippen LogP contribution in [0.25, 0.3) is 0 Å². The smallest absolute Gasteiger partial charge is 0.123 e. The van der Waals surface area contributed by atoms with E-state index in [4.69, 9.17) is 4.74 Å². The zero-order valence-electron chi connectivity index (χ0n) is 11.6. The van der Waals surface area contributed by atoms with Gasteiger partial charge >= 0.3 is 0 Å². The molecule has 0 amide bonds. The summed E-state index contributed by atoms with van der Waals surface area (Å²) in [5, 5.41) is 10.2. The minimum Gasteiger partial charge on any atom is -0.494 e. The average molecular weight is 274 g/mol. The van der Waals surface area contributed by atoms with Crippen LogP contribution in [0.15, 0.2) is 48.5 Å². The Balaban J connectivity index is 2.03. The summed E-state index contributed by atoms with van der Waals surface area (Å²) in [7, 11) is 0. The SMILES string of the molecule is CCCCOc1ccc(C(O)c2ccc(F)cc2)cc1. The van der Waals surface area contributed by atoms with Crippen LogP contribution in [0.5, 0.6) is 5.75 Å². The molecule has 0 spiro atoms. The van der Waals surface area contributed by atoms with Crippen molar-refractivity contribution >= 4 is 0 Å². The van der Waals surface area contributed by atoms with Gasteiger partial charge in [0.15, 0.2) is 0 Å². The van der Waals surface area contributed by atoms with Crippen LogP contribution in [0.4, 0.5) is 4.39 Å². The van der Waals surface area contributed by atoms with E-state index in [2.05, 4.69) is 6.92 Å². The predicted molar refractivity (Wildman–Crippen MR) is 77.3 cm³/mol. The van der Waals surface area contributed by atoms with Gasteiger partial charge in [-0.1, -0.05) is 37.6 Å². The van der Waals surface area contributed by atoms with E-state index in [1.165, 1.54) is 12.1 Å². The van der Waals surface area contributed by atoms with Crippen molar-refractivity contribution in [3.05, 3.63) is 65.5 Å². The maximum atomic E-state index is 12.9. The van der Waals surface area contributed by atoms with Crippen molar-refractivity contribution in [1.82, 2.24) is 0 Å². The summed E-state index contributed by atoms with van der Waals surface area (Å²) in [5.74, 6) is 0.495. The molecule has 106 valence electrons. The van der Waals surface area contributed by atoms with Gasteiger partial charge in [0.1, 0.15) is 17.7 Å². The summed E-state index contributed by atoms with van der Waals surface area (Å²) in [6.45, 7) is 2.82. The summed E-state index contributed by atoms with van der Waals surface area (Å²) in [4.78, 5) is 0. The summed E-state index contributed by atoms with van der Waals surface area (Å²) in [6, 6.07) is 13.2. The number of ether oxygens (including phenoxy) is 1. The van der Waals surface area contributed by atoms with Crippen LogP contribution in [0.3, 0.4) is 0 Å². The van der Waals surface area contributed by atoms with Gasteiger partial charge in [-0.3, -0.25) is 0 Å². The first-order valence-electron chi connectivity index (χ1n) is 6.87. The maximum Gasteiger partial charge on any atom is 0.123 e. The molecule has 1 atom stereocenters. The van der Waals surface area contributed by atoms with Gasteiger partial charge in [-0.25, -0.2) is 4.39 Å². The molecule has 0 fully saturated rings. The highest BCUT2D eigenvalue weighted by Gasteiger charge is 2.10. The molecule has 0 bridgehead atoms. The van der Waals surface area contributed by atoms with Crippen molar-refractivity contribution in [2.45, 2.75) is 25.9 Å². The molecule has 1 N–H and O–H groups in total. The number of benzene rings is 2. The Morgan fingerprint density at radius 2 is 1.55 bits per heavy atom. The first-order chi connectivity index (χ1) is 9.70. The maximum absolute atomic E-state index is 12.9. The highest BCUT2D eigenvalue weighted by Crippen LogP contribution is 2.24. The number of hydrogen-bond acceptors (Lipinski definition) is 2. The predicted octanol–water partition coefficient (Wildman–Crippen LogP) is 4.09. The number of halogens is 1. The first-order valence-corrected chi connectivity index (χ1v) is 6.87. The average Bonchev–Trinajstić information content (AvgIpc) is 2.48. The molecule has 20 heavy (non-hydrogen) atoms. The third kappa shape index (κ3) is 3.81. The van der Waals surface area contributed by atoms with E-state index in [-0.39, 0.29) is 5.82 Å². The number of hydrogen-bond donors (Lipinski definition) is 1. The van der Waals surface area contributed by atoms with Crippen LogP contribution in [0, 0.1) is 5.82 Å². The van der Waals surface area contributed by atoms with Gasteiger partial charge in [-0.2, -0.15) is 0 Å². The van der Waals surface area contributed by atoms with E-state index in [0.29, 0.717) is 12.2 Å². The molecule has 0 aromatic heterocycles. The van der Waals surface area contributed by atoms with E-state index < -0.39 is 6.10 Å². The van der Waals surface area contributed by atoms with E-state index >= 15 is 0 Å². The number of aliphatic hydroxyl groups excluding tert-OH is 1. The first kappa shape index (κ1) is 14.5. The summed E-state index contributed by atoms with van der Waals surface area (Å²) in [6.07, 6.45) is 1.38. The monoisotopic (exact) mass is 274 g/mol. The molecular weight excluding hydrogens is 255 g/mol. The molecule has 2 aromatic carbocycles. The van der Waals surface area contributed by atoms with Crippen LogP contribution in [-0.2, 0) is 0 Å². The Labute approximate surface area is 118 Å². The van der Waals surface area contributed by atoms with Crippen molar-refractivity contribution < 1.29 is 14.2 Å². The Hall–Kier alpha value is -1.87. The topological polar surface area (TPSA) is 29.5 Å². The molecule has 1 unspecified atom stereocenters. The third-order valence-electron chi connectivity index (χ3n) is 3.15. The number of unbranched alkanes of at least 4 members (excludes halogenated alkanes) is 1. The van der Waals surface area contributed by atoms with Crippen molar-refractivity contribution in [2.24, 2.45) is 0 Å². The van der Waals surface area contributed by atoms with E-state index in [9.17, 15) is 9.50 Å². The molecular formula is C17H19FO2. The normalized spacial score (nSPS) is 12.2. The fraction of sp³-hybridized carbons (Fsp3) is 0.294. The van der Waals surface area contributed by atoms with Crippen LogP contribution in [-0.4, -0.2) is 11.7 Å². The second kappa shape index (κ2) is 7.06. The van der Waals surface area contributed by atoms with E-state index in [1.807, 2.05) is 24.3 Å². The fourth-order valence-electron chi connectivity index (χ4n) is 1.92. The lowest BCUT2D eigenvalue weighted by atomic mass is 10.0. The molecule has 0 aliphatic carbocycles. The molecule has 2 aromatic rings. The van der Waals surface area contributed by atoms with Gasteiger partial charge in [0, 0.05) is 0 Å². The van der Waals surface area contributed by atoms with Crippen molar-refractivity contribution in [3.63, 3.8) is 0 Å². The molecule has 0 aliphatic heterocycles. The summed E-state index contributed by atoms with van der Waals surface area (Å²) >= 11 is 0. The zero-order chi connectivity index (χ0) is 14.4. The lowest BCUT2D eigenvalue weighted by Crippen LogP contribution is -2.00. The van der Waals surface area contributed by atoms with Gasteiger partial charge in [-0.15, -0.1) is 0 Å². The lowest BCUT2D eigenvalue weighted by molar-refractivity contribution is 0.220. The zero-order valence-corrected chi connectivity index (χ0v) is 11.6. The van der Waals surface area contributed by atoms with Gasteiger partial charge in [-0.05, 0) is 41.8 Å². The fourth-order valence-corrected chi connectivity index (χ4v) is 1.92. The molecule has 2 nitrogen and oxygen atoms in total. The van der Waals surface area contributed by atoms with E-state index in [1.54, 1.807) is 12.1 Å². The number of aliphatic hydroxyl groups is 1. The number of rotatable bonds is 6. The molecule has 2 rings (SSSR count). The van der Waals surface area contributed by atoms with Crippen LogP contribution < -0.4 is 4.74 Å². The van der Waals surface area contributed by atoms with Crippen LogP contribution >= 0.6 is 0 Å². The van der Waals surface area contributed by atoms with Crippen molar-refractivity contribution in [1.29, 1.82) is 0 Å². The van der Waals surface area contributed by atoms with Crippen LogP contribution in [0.2, 0.25) is 0 Å². The molecule has 0 radical (unpaired) electrons. The minimum absolute atomic E-state index is 0.305. The minimum atomic E-state index is -0.750. The molecule has 0 aliphatic rings. The van der Waals surface area contributed by atoms with Crippen LogP contribution in [0.1, 0.15) is 37.0 Å². The highest BCUT2D eigenvalue weighted by molar-refractivity contribution is 5.34. The summed E-state index contributed by atoms with van der Waals surface area (Å²) < 4.78 is 18.4. The van der Waals surface area contributed by atoms with Gasteiger partial charge < -0.3 is 9.84 Å². The second-order valence-electron chi connectivity index (χ2n) is 4.73. The van der Waals surface area contributed by atoms with Gasteiger partial charge in [0.2, 0.25) is 0 Å². The lowest BCUT2D eigenvalue weighted by Gasteiger charge is -2.12. The molecule has 0 saturated heterocycles. The quantitative estimate of drug-likeness (QED) is 0.804. The van der Waals surface area contributed by atoms with Gasteiger partial charge in [0.05, 0.1) is 6.61 Å². The summed E-state index contributed by atoms with van der Waals surface area (Å²) in [5.41, 5.74) is 1.44. The third-order valence-corrected chi connectivity index (χ3v) is 3.15. The molecule has 0 heterocycles. The van der Waals surface area contributed by atoms with E-state index in [0.717, 1.165) is 24.2 Å². The Morgan fingerprint density at radius 3 is 2.10 bits per heavy atom. The molecule has 3 heteroatoms. The Morgan fingerprint density at radius 1 is 1.00 bits per heavy atom. The standard InChI is InChI=1S/C17H19FO2/c1-2-3-12-20-16-10-6-14(7-11-16)17(19)13-4-8-15(18)9-5-13/h4-11,17,19H,2-3,12H2,1H3.